The smallest absolute Gasteiger partial charge is 0.242 e. The first kappa shape index (κ1) is 23.5. The van der Waals surface area contributed by atoms with Crippen molar-refractivity contribution in [3.05, 3.63) is 106 Å². The molecule has 3 aromatic rings. The van der Waals surface area contributed by atoms with Gasteiger partial charge in [-0.25, -0.2) is 4.39 Å². The zero-order chi connectivity index (χ0) is 23.1. The molecule has 0 heterocycles. The van der Waals surface area contributed by atoms with Gasteiger partial charge in [-0.1, -0.05) is 77.8 Å². The molecule has 0 spiro atoms. The molecule has 0 saturated carbocycles. The molecule has 0 unspecified atom stereocenters. The lowest BCUT2D eigenvalue weighted by molar-refractivity contribution is -0.140. The number of benzene rings is 3. The van der Waals surface area contributed by atoms with Gasteiger partial charge >= 0.3 is 0 Å². The Labute approximate surface area is 193 Å². The van der Waals surface area contributed by atoms with Crippen LogP contribution in [0.3, 0.4) is 0 Å². The molecule has 0 fully saturated rings. The number of aryl methyl sites for hydroxylation is 1. The lowest BCUT2D eigenvalue weighted by atomic mass is 10.0. The number of carbonyl (C=O) groups excluding carboxylic acids is 2. The summed E-state index contributed by atoms with van der Waals surface area (Å²) in [5.74, 6) is -1.20. The zero-order valence-corrected chi connectivity index (χ0v) is 18.9. The standard InChI is InChI=1S/C26H26ClFN2O2/c1-18-11-13-20(14-12-18)17-30(25(31)16-21-22(27)9-6-10-23(21)28)24(26(32)29-2)15-19-7-4-3-5-8-19/h3-14,24H,15-17H2,1-2H3,(H,29,32)/t24-/m1/s1. The molecule has 2 amide bonds. The lowest BCUT2D eigenvalue weighted by Gasteiger charge is -2.31. The van der Waals surface area contributed by atoms with Crippen LogP contribution in [0, 0.1) is 12.7 Å². The first-order valence-electron chi connectivity index (χ1n) is 10.4. The Morgan fingerprint density at radius 2 is 1.66 bits per heavy atom. The molecule has 4 nitrogen and oxygen atoms in total. The van der Waals surface area contributed by atoms with Crippen molar-refractivity contribution in [2.45, 2.75) is 32.4 Å². The highest BCUT2D eigenvalue weighted by Gasteiger charge is 2.30. The highest BCUT2D eigenvalue weighted by atomic mass is 35.5. The van der Waals surface area contributed by atoms with E-state index in [1.54, 1.807) is 13.1 Å². The van der Waals surface area contributed by atoms with Crippen molar-refractivity contribution in [3.63, 3.8) is 0 Å². The van der Waals surface area contributed by atoms with Gasteiger partial charge in [0.2, 0.25) is 11.8 Å². The van der Waals surface area contributed by atoms with Gasteiger partial charge < -0.3 is 10.2 Å². The third-order valence-corrected chi connectivity index (χ3v) is 5.73. The van der Waals surface area contributed by atoms with E-state index < -0.39 is 11.9 Å². The number of hydrogen-bond acceptors (Lipinski definition) is 2. The van der Waals surface area contributed by atoms with E-state index in [1.165, 1.54) is 17.0 Å². The second kappa shape index (κ2) is 10.9. The second-order valence-electron chi connectivity index (χ2n) is 7.70. The van der Waals surface area contributed by atoms with E-state index >= 15 is 0 Å². The monoisotopic (exact) mass is 452 g/mol. The first-order chi connectivity index (χ1) is 15.4. The Kier molecular flexibility index (Phi) is 8.01. The highest BCUT2D eigenvalue weighted by Crippen LogP contribution is 2.22. The van der Waals surface area contributed by atoms with E-state index in [1.807, 2.05) is 61.5 Å². The third-order valence-electron chi connectivity index (χ3n) is 5.38. The van der Waals surface area contributed by atoms with Crippen LogP contribution < -0.4 is 5.32 Å². The maximum Gasteiger partial charge on any atom is 0.242 e. The van der Waals surface area contributed by atoms with Gasteiger partial charge in [0.25, 0.3) is 0 Å². The summed E-state index contributed by atoms with van der Waals surface area (Å²) in [7, 11) is 1.54. The normalized spacial score (nSPS) is 11.6. The first-order valence-corrected chi connectivity index (χ1v) is 10.8. The van der Waals surface area contributed by atoms with Crippen molar-refractivity contribution in [3.8, 4) is 0 Å². The number of carbonyl (C=O) groups is 2. The average Bonchev–Trinajstić information content (AvgIpc) is 2.80. The number of nitrogens with one attached hydrogen (secondary N) is 1. The fraction of sp³-hybridized carbons (Fsp3) is 0.231. The minimum atomic E-state index is -0.762. The molecule has 6 heteroatoms. The summed E-state index contributed by atoms with van der Waals surface area (Å²) in [6, 6.07) is 20.8. The van der Waals surface area contributed by atoms with Crippen LogP contribution in [-0.2, 0) is 29.0 Å². The highest BCUT2D eigenvalue weighted by molar-refractivity contribution is 6.31. The number of rotatable bonds is 8. The van der Waals surface area contributed by atoms with Crippen molar-refractivity contribution in [2.24, 2.45) is 0 Å². The molecule has 0 aliphatic carbocycles. The molecule has 3 rings (SSSR count). The van der Waals surface area contributed by atoms with Crippen molar-refractivity contribution in [2.75, 3.05) is 7.05 Å². The van der Waals surface area contributed by atoms with Gasteiger partial charge in [-0.2, -0.15) is 0 Å². The van der Waals surface area contributed by atoms with E-state index in [9.17, 15) is 14.0 Å². The number of nitrogens with zero attached hydrogens (tertiary/aromatic N) is 1. The van der Waals surface area contributed by atoms with Gasteiger partial charge in [-0.3, -0.25) is 9.59 Å². The largest absolute Gasteiger partial charge is 0.357 e. The summed E-state index contributed by atoms with van der Waals surface area (Å²) in [5.41, 5.74) is 3.03. The van der Waals surface area contributed by atoms with Crippen LogP contribution in [0.1, 0.15) is 22.3 Å². The summed E-state index contributed by atoms with van der Waals surface area (Å²) >= 11 is 6.17. The summed E-state index contributed by atoms with van der Waals surface area (Å²) in [4.78, 5) is 27.9. The minimum Gasteiger partial charge on any atom is -0.357 e. The van der Waals surface area contributed by atoms with Gasteiger partial charge in [0, 0.05) is 30.6 Å². The van der Waals surface area contributed by atoms with Gasteiger partial charge in [0.1, 0.15) is 11.9 Å². The third kappa shape index (κ3) is 5.95. The molecule has 0 radical (unpaired) electrons. The number of amides is 2. The van der Waals surface area contributed by atoms with Crippen LogP contribution in [-0.4, -0.2) is 29.8 Å². The molecule has 1 atom stereocenters. The van der Waals surface area contributed by atoms with Crippen LogP contribution in [0.2, 0.25) is 5.02 Å². The quantitative estimate of drug-likeness (QED) is 0.537. The SMILES string of the molecule is CNC(=O)[C@@H](Cc1ccccc1)N(Cc1ccc(C)cc1)C(=O)Cc1c(F)cccc1Cl. The fourth-order valence-corrected chi connectivity index (χ4v) is 3.79. The molecule has 32 heavy (non-hydrogen) atoms. The molecular formula is C26H26ClFN2O2. The Morgan fingerprint density at radius 3 is 2.28 bits per heavy atom. The topological polar surface area (TPSA) is 49.4 Å². The molecule has 0 aromatic heterocycles. The lowest BCUT2D eigenvalue weighted by Crippen LogP contribution is -2.50. The van der Waals surface area contributed by atoms with Crippen LogP contribution >= 0.6 is 11.6 Å². The molecule has 0 saturated heterocycles. The molecule has 0 aliphatic rings. The van der Waals surface area contributed by atoms with Gasteiger partial charge in [-0.15, -0.1) is 0 Å². The minimum absolute atomic E-state index is 0.128. The van der Waals surface area contributed by atoms with Crippen molar-refractivity contribution in [1.29, 1.82) is 0 Å². The van der Waals surface area contributed by atoms with Gasteiger partial charge in [0.05, 0.1) is 6.42 Å². The molecule has 166 valence electrons. The number of hydrogen-bond donors (Lipinski definition) is 1. The van der Waals surface area contributed by atoms with E-state index in [0.717, 1.165) is 16.7 Å². The number of likely N-dealkylation sites (N-methyl/N-ethyl adjacent to an activating group) is 1. The van der Waals surface area contributed by atoms with E-state index in [0.29, 0.717) is 6.42 Å². The molecule has 0 bridgehead atoms. The molecule has 3 aromatic carbocycles. The maximum absolute atomic E-state index is 14.4. The van der Waals surface area contributed by atoms with Crippen LogP contribution in [0.15, 0.2) is 72.8 Å². The second-order valence-corrected chi connectivity index (χ2v) is 8.11. The van der Waals surface area contributed by atoms with Crippen molar-refractivity contribution >= 4 is 23.4 Å². The molecular weight excluding hydrogens is 427 g/mol. The zero-order valence-electron chi connectivity index (χ0n) is 18.1. The van der Waals surface area contributed by atoms with Crippen molar-refractivity contribution in [1.82, 2.24) is 10.2 Å². The van der Waals surface area contributed by atoms with Gasteiger partial charge in [0.15, 0.2) is 0 Å². The Bertz CT molecular complexity index is 1050. The van der Waals surface area contributed by atoms with Crippen LogP contribution in [0.5, 0.6) is 0 Å². The van der Waals surface area contributed by atoms with E-state index in [-0.39, 0.29) is 35.4 Å². The summed E-state index contributed by atoms with van der Waals surface area (Å²) in [5, 5.41) is 2.86. The van der Waals surface area contributed by atoms with E-state index in [4.69, 9.17) is 11.6 Å². The summed E-state index contributed by atoms with van der Waals surface area (Å²) in [6.45, 7) is 2.20. The number of halogens is 2. The Morgan fingerprint density at radius 1 is 0.969 bits per heavy atom. The maximum atomic E-state index is 14.4. The fourth-order valence-electron chi connectivity index (χ4n) is 3.56. The Balaban J connectivity index is 1.97. The predicted octanol–water partition coefficient (Wildman–Crippen LogP) is 4.72. The summed E-state index contributed by atoms with van der Waals surface area (Å²) in [6.07, 6.45) is 0.1000. The predicted molar refractivity (Wildman–Crippen MR) is 125 cm³/mol. The van der Waals surface area contributed by atoms with Crippen LogP contribution in [0.4, 0.5) is 4.39 Å². The summed E-state index contributed by atoms with van der Waals surface area (Å²) < 4.78 is 14.4. The van der Waals surface area contributed by atoms with Crippen LogP contribution in [0.25, 0.3) is 0 Å². The van der Waals surface area contributed by atoms with Gasteiger partial charge in [-0.05, 0) is 30.2 Å². The molecule has 0 aliphatic heterocycles. The average molecular weight is 453 g/mol. The van der Waals surface area contributed by atoms with E-state index in [2.05, 4.69) is 5.32 Å². The molecule has 1 N–H and O–H groups in total. The van der Waals surface area contributed by atoms with Crippen molar-refractivity contribution < 1.29 is 14.0 Å². The Hall–Kier alpha value is -3.18.